The van der Waals surface area contributed by atoms with Crippen LogP contribution in [0.25, 0.3) is 0 Å². The van der Waals surface area contributed by atoms with Crippen LogP contribution in [0.1, 0.15) is 5.82 Å². The first-order valence-electron chi connectivity index (χ1n) is 2.66. The molecule has 0 radical (unpaired) electrons. The van der Waals surface area contributed by atoms with Crippen LogP contribution in [0, 0.1) is 0 Å². The van der Waals surface area contributed by atoms with E-state index in [1.165, 1.54) is 0 Å². The van der Waals surface area contributed by atoms with Crippen molar-refractivity contribution in [3.8, 4) is 0 Å². The van der Waals surface area contributed by atoms with Crippen molar-refractivity contribution in [1.29, 1.82) is 0 Å². The number of tetrazole rings is 1. The molecule has 0 aliphatic heterocycles. The molecule has 0 spiro atoms. The Labute approximate surface area is 76.1 Å². The molecule has 1 aromatic rings. The van der Waals surface area contributed by atoms with Crippen LogP contribution >= 0.6 is 16.1 Å². The Balaban J connectivity index is 3.07. The summed E-state index contributed by atoms with van der Waals surface area (Å²) in [5.74, 6) is -6.78. The quantitative estimate of drug-likeness (QED) is 0.724. The van der Waals surface area contributed by atoms with Gasteiger partial charge in [-0.05, 0) is 5.21 Å². The summed E-state index contributed by atoms with van der Waals surface area (Å²) in [6.07, 6.45) is -5.72. The molecule has 0 atom stereocenters. The largest absolute Gasteiger partial charge is 0.461 e. The summed E-state index contributed by atoms with van der Waals surface area (Å²) in [6.45, 7) is 0. The van der Waals surface area contributed by atoms with Gasteiger partial charge in [-0.3, -0.25) is 0 Å². The van der Waals surface area contributed by atoms with Gasteiger partial charge in [0.15, 0.2) is 0 Å². The lowest BCUT2D eigenvalue weighted by molar-refractivity contribution is -0.292. The summed E-state index contributed by atoms with van der Waals surface area (Å²) < 4.78 is 60.0. The van der Waals surface area contributed by atoms with Gasteiger partial charge in [-0.2, -0.15) is 22.0 Å². The maximum Gasteiger partial charge on any atom is 0.461 e. The number of nitrogens with zero attached hydrogens (tertiary/aromatic N) is 4. The number of alkyl halides is 5. The predicted octanol–water partition coefficient (Wildman–Crippen LogP) is 1.49. The lowest BCUT2D eigenvalue weighted by Crippen LogP contribution is -2.34. The van der Waals surface area contributed by atoms with Crippen LogP contribution < -0.4 is 0 Å². The third-order valence-corrected chi connectivity index (χ3v) is 1.33. The molecule has 0 aromatic carbocycles. The topological polar surface area (TPSA) is 43.6 Å². The highest BCUT2D eigenvalue weighted by atomic mass is 79.9. The second-order valence-corrected chi connectivity index (χ2v) is 2.56. The fourth-order valence-electron chi connectivity index (χ4n) is 0.450. The molecule has 0 saturated heterocycles. The zero-order valence-corrected chi connectivity index (χ0v) is 7.14. The van der Waals surface area contributed by atoms with Crippen LogP contribution in [-0.4, -0.2) is 25.4 Å². The van der Waals surface area contributed by atoms with Crippen LogP contribution in [0.3, 0.4) is 0 Å². The standard InChI is InChI=1S/C3BrF5N4/c4-13-11-1(10-12-13)2(5,6)3(7,8)9. The first-order chi connectivity index (χ1) is 5.75. The van der Waals surface area contributed by atoms with E-state index in [2.05, 4.69) is 31.6 Å². The van der Waals surface area contributed by atoms with Crippen molar-refractivity contribution in [2.75, 3.05) is 0 Å². The minimum Gasteiger partial charge on any atom is -0.187 e. The van der Waals surface area contributed by atoms with Gasteiger partial charge in [-0.15, -0.1) is 10.2 Å². The van der Waals surface area contributed by atoms with Crippen molar-refractivity contribution >= 4 is 16.1 Å². The second kappa shape index (κ2) is 2.86. The van der Waals surface area contributed by atoms with Gasteiger partial charge in [-0.25, -0.2) is 0 Å². The SMILES string of the molecule is FC(F)(F)C(F)(F)c1nnn(Br)n1. The molecule has 1 heterocycles. The molecule has 1 rings (SSSR count). The van der Waals surface area contributed by atoms with Crippen LogP contribution in [0.2, 0.25) is 0 Å². The van der Waals surface area contributed by atoms with E-state index in [0.717, 1.165) is 0 Å². The smallest absolute Gasteiger partial charge is 0.187 e. The molecule has 74 valence electrons. The van der Waals surface area contributed by atoms with Gasteiger partial charge in [0.25, 0.3) is 5.82 Å². The van der Waals surface area contributed by atoms with Gasteiger partial charge >= 0.3 is 12.1 Å². The van der Waals surface area contributed by atoms with E-state index in [1.807, 2.05) is 0 Å². The number of halogens is 6. The highest BCUT2D eigenvalue weighted by Crippen LogP contribution is 2.41. The monoisotopic (exact) mass is 266 g/mol. The summed E-state index contributed by atoms with van der Waals surface area (Å²) >= 11 is 2.42. The molecular weight excluding hydrogens is 267 g/mol. The fraction of sp³-hybridized carbons (Fsp3) is 0.667. The Morgan fingerprint density at radius 3 is 2.00 bits per heavy atom. The number of hydrogen-bond acceptors (Lipinski definition) is 3. The van der Waals surface area contributed by atoms with E-state index >= 15 is 0 Å². The second-order valence-electron chi connectivity index (χ2n) is 1.93. The van der Waals surface area contributed by atoms with Crippen LogP contribution in [0.5, 0.6) is 0 Å². The molecule has 0 unspecified atom stereocenters. The van der Waals surface area contributed by atoms with Crippen molar-refractivity contribution in [1.82, 2.24) is 19.2 Å². The highest BCUT2D eigenvalue weighted by molar-refractivity contribution is 9.08. The molecule has 10 heteroatoms. The van der Waals surface area contributed by atoms with Crippen LogP contribution in [0.4, 0.5) is 22.0 Å². The average molecular weight is 267 g/mol. The van der Waals surface area contributed by atoms with E-state index in [-0.39, 0.29) is 0 Å². The van der Waals surface area contributed by atoms with Gasteiger partial charge in [0, 0.05) is 0 Å². The molecule has 0 amide bonds. The first-order valence-corrected chi connectivity index (χ1v) is 3.37. The Hall–Kier alpha value is -0.800. The third-order valence-electron chi connectivity index (χ3n) is 1.03. The summed E-state index contributed by atoms with van der Waals surface area (Å²) in [5, 5.41) is 8.02. The zero-order chi connectivity index (χ0) is 10.3. The van der Waals surface area contributed by atoms with Crippen molar-refractivity contribution < 1.29 is 22.0 Å². The van der Waals surface area contributed by atoms with Crippen LogP contribution in [-0.2, 0) is 5.92 Å². The fourth-order valence-corrected chi connectivity index (χ4v) is 0.671. The summed E-state index contributed by atoms with van der Waals surface area (Å²) in [7, 11) is 0. The van der Waals surface area contributed by atoms with E-state index in [9.17, 15) is 22.0 Å². The minimum absolute atomic E-state index is 0.335. The molecule has 0 saturated carbocycles. The summed E-state index contributed by atoms with van der Waals surface area (Å²) in [6, 6.07) is 0. The minimum atomic E-state index is -5.72. The Morgan fingerprint density at radius 2 is 1.69 bits per heavy atom. The zero-order valence-electron chi connectivity index (χ0n) is 5.56. The van der Waals surface area contributed by atoms with Gasteiger partial charge in [0.1, 0.15) is 16.1 Å². The van der Waals surface area contributed by atoms with Gasteiger partial charge in [0.2, 0.25) is 0 Å². The first kappa shape index (κ1) is 10.3. The summed E-state index contributed by atoms with van der Waals surface area (Å²) in [5.41, 5.74) is 0. The van der Waals surface area contributed by atoms with E-state index in [4.69, 9.17) is 0 Å². The Kier molecular flexibility index (Phi) is 2.26. The molecule has 0 aliphatic rings. The predicted molar refractivity (Wildman–Crippen MR) is 32.1 cm³/mol. The molecule has 0 bridgehead atoms. The van der Waals surface area contributed by atoms with E-state index < -0.39 is 17.9 Å². The van der Waals surface area contributed by atoms with Crippen molar-refractivity contribution in [2.24, 2.45) is 0 Å². The van der Waals surface area contributed by atoms with Gasteiger partial charge in [0.05, 0.1) is 0 Å². The number of rotatable bonds is 1. The normalized spacial score (nSPS) is 13.4. The Bertz CT molecular complexity index is 305. The molecule has 0 fully saturated rings. The maximum atomic E-state index is 12.4. The van der Waals surface area contributed by atoms with E-state index in [1.54, 1.807) is 0 Å². The van der Waals surface area contributed by atoms with Gasteiger partial charge < -0.3 is 0 Å². The molecule has 4 nitrogen and oxygen atoms in total. The van der Waals surface area contributed by atoms with Crippen molar-refractivity contribution in [3.05, 3.63) is 5.82 Å². The third kappa shape index (κ3) is 1.76. The van der Waals surface area contributed by atoms with Gasteiger partial charge in [-0.1, -0.05) is 3.82 Å². The van der Waals surface area contributed by atoms with Crippen molar-refractivity contribution in [2.45, 2.75) is 12.1 Å². The average Bonchev–Trinajstić information content (AvgIpc) is 2.33. The highest BCUT2D eigenvalue weighted by Gasteiger charge is 2.62. The van der Waals surface area contributed by atoms with Crippen molar-refractivity contribution in [3.63, 3.8) is 0 Å². The molecule has 0 aliphatic carbocycles. The number of hydrogen-bond donors (Lipinski definition) is 0. The molecule has 13 heavy (non-hydrogen) atoms. The lowest BCUT2D eigenvalue weighted by Gasteiger charge is -2.14. The number of aromatic nitrogens is 4. The van der Waals surface area contributed by atoms with Crippen LogP contribution in [0.15, 0.2) is 0 Å². The molecule has 1 aromatic heterocycles. The van der Waals surface area contributed by atoms with E-state index in [0.29, 0.717) is 3.82 Å². The lowest BCUT2D eigenvalue weighted by atomic mass is 10.3. The maximum absolute atomic E-state index is 12.4. The Morgan fingerprint density at radius 1 is 1.15 bits per heavy atom. The molecule has 0 N–H and O–H groups in total. The molecular formula is C3BrF5N4. The summed E-state index contributed by atoms with van der Waals surface area (Å²) in [4.78, 5) is 0.